The van der Waals surface area contributed by atoms with Crippen LogP contribution in [0, 0.1) is 17.7 Å². The molecule has 0 aliphatic carbocycles. The van der Waals surface area contributed by atoms with Crippen molar-refractivity contribution in [3.8, 4) is 5.75 Å². The van der Waals surface area contributed by atoms with Crippen LogP contribution in [0.2, 0.25) is 0 Å². The van der Waals surface area contributed by atoms with Gasteiger partial charge in [-0.25, -0.2) is 4.39 Å². The van der Waals surface area contributed by atoms with Crippen LogP contribution in [0.15, 0.2) is 12.1 Å². The smallest absolute Gasteiger partial charge is 0.516 e. The van der Waals surface area contributed by atoms with Gasteiger partial charge < -0.3 is 4.74 Å². The molecule has 0 radical (unpaired) electrons. The van der Waals surface area contributed by atoms with Crippen LogP contribution in [0.1, 0.15) is 6.92 Å². The Morgan fingerprint density at radius 3 is 2.75 bits per heavy atom. The van der Waals surface area contributed by atoms with Crippen LogP contribution < -0.4 is 23.6 Å². The summed E-state index contributed by atoms with van der Waals surface area (Å²) in [4.78, 5) is 0. The zero-order valence-electron chi connectivity index (χ0n) is 7.03. The molecule has 1 aromatic carbocycles. The van der Waals surface area contributed by atoms with Crippen LogP contribution in [0.4, 0.5) is 8.78 Å². The van der Waals surface area contributed by atoms with Crippen LogP contribution in [0.5, 0.6) is 5.75 Å². The van der Waals surface area contributed by atoms with Gasteiger partial charge in [0.05, 0.1) is 12.4 Å². The molecule has 0 spiro atoms. The monoisotopic (exact) mass is 164 g/mol. The van der Waals surface area contributed by atoms with Gasteiger partial charge in [-0.15, -0.1) is 12.1 Å². The average Bonchev–Trinajstić information content (AvgIpc) is 1.99. The molecule has 0 saturated heterocycles. The van der Waals surface area contributed by atoms with E-state index >= 15 is 0 Å². The molecule has 0 aromatic heterocycles. The number of hydrogen-bond acceptors (Lipinski definition) is 1. The molecule has 1 rings (SSSR count). The molecule has 12 heavy (non-hydrogen) atoms. The SMILES string of the molecule is CCOc1cc[c-]c(F)c1F.[Li+]. The molecule has 0 aliphatic heterocycles. The first-order valence-corrected chi connectivity index (χ1v) is 3.24. The van der Waals surface area contributed by atoms with Gasteiger partial charge in [-0.2, -0.15) is 6.07 Å². The van der Waals surface area contributed by atoms with Gasteiger partial charge in [0, 0.05) is 11.6 Å². The summed E-state index contributed by atoms with van der Waals surface area (Å²) in [6.07, 6.45) is 0. The molecular formula is C8H7F2LiO. The van der Waals surface area contributed by atoms with E-state index in [0.29, 0.717) is 6.61 Å². The van der Waals surface area contributed by atoms with E-state index in [1.54, 1.807) is 6.92 Å². The van der Waals surface area contributed by atoms with Crippen LogP contribution >= 0.6 is 0 Å². The molecule has 0 unspecified atom stereocenters. The molecule has 0 amide bonds. The third-order valence-corrected chi connectivity index (χ3v) is 1.15. The van der Waals surface area contributed by atoms with Gasteiger partial charge in [-0.3, -0.25) is 4.39 Å². The van der Waals surface area contributed by atoms with Crippen LogP contribution in [-0.2, 0) is 0 Å². The summed E-state index contributed by atoms with van der Waals surface area (Å²) in [6.45, 7) is 2.02. The fourth-order valence-corrected chi connectivity index (χ4v) is 0.702. The predicted molar refractivity (Wildman–Crippen MR) is 36.4 cm³/mol. The topological polar surface area (TPSA) is 9.23 Å². The minimum atomic E-state index is -1.00. The molecule has 0 fully saturated rings. The van der Waals surface area contributed by atoms with Gasteiger partial charge in [-0.05, 0) is 6.92 Å². The summed E-state index contributed by atoms with van der Waals surface area (Å²) >= 11 is 0. The van der Waals surface area contributed by atoms with Crippen molar-refractivity contribution in [2.24, 2.45) is 0 Å². The average molecular weight is 164 g/mol. The van der Waals surface area contributed by atoms with E-state index in [2.05, 4.69) is 6.07 Å². The Morgan fingerprint density at radius 2 is 2.17 bits per heavy atom. The molecule has 0 bridgehead atoms. The largest absolute Gasteiger partial charge is 1.00 e. The van der Waals surface area contributed by atoms with E-state index in [-0.39, 0.29) is 24.6 Å². The van der Waals surface area contributed by atoms with Gasteiger partial charge in [0.15, 0.2) is 0 Å². The van der Waals surface area contributed by atoms with E-state index in [1.807, 2.05) is 0 Å². The minimum Gasteiger partial charge on any atom is -0.516 e. The first-order chi connectivity index (χ1) is 5.25. The Balaban J connectivity index is 0.00000121. The van der Waals surface area contributed by atoms with E-state index in [0.717, 1.165) is 0 Å². The van der Waals surface area contributed by atoms with Gasteiger partial charge in [0.1, 0.15) is 0 Å². The Hall–Kier alpha value is -0.523. The summed E-state index contributed by atoms with van der Waals surface area (Å²) in [5, 5.41) is 0. The summed E-state index contributed by atoms with van der Waals surface area (Å²) < 4.78 is 29.8. The molecule has 60 valence electrons. The quantitative estimate of drug-likeness (QED) is 0.409. The minimum absolute atomic E-state index is 0. The van der Waals surface area contributed by atoms with Crippen molar-refractivity contribution in [2.45, 2.75) is 6.92 Å². The first-order valence-electron chi connectivity index (χ1n) is 3.24. The molecular weight excluding hydrogens is 157 g/mol. The third kappa shape index (κ3) is 2.51. The van der Waals surface area contributed by atoms with Crippen molar-refractivity contribution in [2.75, 3.05) is 6.61 Å². The second-order valence-corrected chi connectivity index (χ2v) is 1.90. The van der Waals surface area contributed by atoms with Gasteiger partial charge in [-0.1, -0.05) is 0 Å². The zero-order chi connectivity index (χ0) is 8.27. The Kier molecular flexibility index (Phi) is 4.96. The first kappa shape index (κ1) is 11.5. The summed E-state index contributed by atoms with van der Waals surface area (Å²) in [6, 6.07) is 4.69. The van der Waals surface area contributed by atoms with Crippen molar-refractivity contribution in [1.82, 2.24) is 0 Å². The van der Waals surface area contributed by atoms with Crippen molar-refractivity contribution >= 4 is 0 Å². The summed E-state index contributed by atoms with van der Waals surface area (Å²) in [5.41, 5.74) is 0. The maximum absolute atomic E-state index is 12.7. The second-order valence-electron chi connectivity index (χ2n) is 1.90. The fraction of sp³-hybridized carbons (Fsp3) is 0.250. The maximum Gasteiger partial charge on any atom is 1.00 e. The summed E-state index contributed by atoms with van der Waals surface area (Å²) in [7, 11) is 0. The number of benzene rings is 1. The van der Waals surface area contributed by atoms with Crippen molar-refractivity contribution in [1.29, 1.82) is 0 Å². The summed E-state index contributed by atoms with van der Waals surface area (Å²) in [5.74, 6) is -2.05. The zero-order valence-corrected chi connectivity index (χ0v) is 7.03. The van der Waals surface area contributed by atoms with Crippen LogP contribution in [0.25, 0.3) is 0 Å². The maximum atomic E-state index is 12.7. The molecule has 0 saturated carbocycles. The van der Waals surface area contributed by atoms with Crippen molar-refractivity contribution in [3.05, 3.63) is 29.8 Å². The number of ether oxygens (including phenoxy) is 1. The van der Waals surface area contributed by atoms with Crippen molar-refractivity contribution in [3.63, 3.8) is 0 Å². The van der Waals surface area contributed by atoms with Gasteiger partial charge >= 0.3 is 18.9 Å². The molecule has 0 N–H and O–H groups in total. The Morgan fingerprint density at radius 1 is 1.50 bits per heavy atom. The van der Waals surface area contributed by atoms with Gasteiger partial charge in [0.2, 0.25) is 0 Å². The van der Waals surface area contributed by atoms with Crippen LogP contribution in [-0.4, -0.2) is 6.61 Å². The van der Waals surface area contributed by atoms with Crippen LogP contribution in [0.3, 0.4) is 0 Å². The molecule has 1 nitrogen and oxygen atoms in total. The molecule has 0 atom stereocenters. The standard InChI is InChI=1S/C8H7F2O.Li/c1-2-11-7-5-3-4-6(9)8(7)10;/h3,5H,2H2,1H3;/q-1;+1. The molecule has 0 heterocycles. The second kappa shape index (κ2) is 5.18. The molecule has 4 heteroatoms. The molecule has 1 aromatic rings. The third-order valence-electron chi connectivity index (χ3n) is 1.15. The van der Waals surface area contributed by atoms with Crippen molar-refractivity contribution < 1.29 is 32.4 Å². The Labute approximate surface area is 81.9 Å². The van der Waals surface area contributed by atoms with E-state index in [4.69, 9.17) is 4.74 Å². The van der Waals surface area contributed by atoms with E-state index in [9.17, 15) is 8.78 Å². The Bertz CT molecular complexity index is 253. The van der Waals surface area contributed by atoms with E-state index in [1.165, 1.54) is 12.1 Å². The van der Waals surface area contributed by atoms with E-state index < -0.39 is 11.6 Å². The number of rotatable bonds is 2. The normalized spacial score (nSPS) is 8.92. The number of halogens is 2. The predicted octanol–water partition coefficient (Wildman–Crippen LogP) is -0.832. The number of hydrogen-bond donors (Lipinski definition) is 0. The molecule has 0 aliphatic rings. The van der Waals surface area contributed by atoms with Gasteiger partial charge in [0.25, 0.3) is 0 Å². The fourth-order valence-electron chi connectivity index (χ4n) is 0.702.